The number of methoxy groups -OCH3 is 1. The standard InChI is InChI=1S/C22H22O2/c1-16(17(2)24-15-18-7-5-4-6-8-18)19-9-10-21-14-22(23-3)12-11-20(21)13-19/h4-14,16H,2,15H2,1,3H3/t16-/m1/s1. The summed E-state index contributed by atoms with van der Waals surface area (Å²) >= 11 is 0. The molecule has 24 heavy (non-hydrogen) atoms. The van der Waals surface area contributed by atoms with Gasteiger partial charge in [-0.3, -0.25) is 0 Å². The molecule has 0 N–H and O–H groups in total. The molecule has 0 aliphatic carbocycles. The number of ether oxygens (including phenoxy) is 2. The normalized spacial score (nSPS) is 11.9. The summed E-state index contributed by atoms with van der Waals surface area (Å²) in [5.41, 5.74) is 2.35. The zero-order chi connectivity index (χ0) is 16.9. The predicted octanol–water partition coefficient (Wildman–Crippen LogP) is 5.68. The van der Waals surface area contributed by atoms with Crippen LogP contribution in [0.3, 0.4) is 0 Å². The van der Waals surface area contributed by atoms with Crippen LogP contribution in [0.15, 0.2) is 79.1 Å². The Morgan fingerprint density at radius 1 is 0.958 bits per heavy atom. The van der Waals surface area contributed by atoms with E-state index in [9.17, 15) is 0 Å². The van der Waals surface area contributed by atoms with Crippen LogP contribution in [0.2, 0.25) is 0 Å². The minimum atomic E-state index is 0.139. The van der Waals surface area contributed by atoms with Gasteiger partial charge in [-0.2, -0.15) is 0 Å². The SMILES string of the molecule is C=C(OCc1ccccc1)[C@@H](C)c1ccc2cc(OC)ccc2c1. The van der Waals surface area contributed by atoms with Crippen molar-refractivity contribution in [1.29, 1.82) is 0 Å². The molecule has 0 bridgehead atoms. The molecule has 0 spiro atoms. The molecule has 0 aliphatic heterocycles. The van der Waals surface area contributed by atoms with Crippen molar-refractivity contribution in [3.05, 3.63) is 90.2 Å². The van der Waals surface area contributed by atoms with Gasteiger partial charge >= 0.3 is 0 Å². The highest BCUT2D eigenvalue weighted by atomic mass is 16.5. The molecule has 0 aromatic heterocycles. The molecule has 0 radical (unpaired) electrons. The molecule has 0 saturated carbocycles. The first-order valence-corrected chi connectivity index (χ1v) is 8.10. The Labute approximate surface area is 143 Å². The Kier molecular flexibility index (Phi) is 4.85. The lowest BCUT2D eigenvalue weighted by Gasteiger charge is -2.17. The second-order valence-corrected chi connectivity index (χ2v) is 5.93. The maximum Gasteiger partial charge on any atom is 0.119 e. The van der Waals surface area contributed by atoms with Gasteiger partial charge in [-0.25, -0.2) is 0 Å². The van der Waals surface area contributed by atoms with Crippen LogP contribution in [0.5, 0.6) is 5.75 Å². The Bertz CT molecular complexity index is 837. The number of rotatable bonds is 6. The van der Waals surface area contributed by atoms with Crippen molar-refractivity contribution in [2.24, 2.45) is 0 Å². The lowest BCUT2D eigenvalue weighted by Crippen LogP contribution is -2.02. The van der Waals surface area contributed by atoms with Crippen LogP contribution in [0, 0.1) is 0 Å². The average Bonchev–Trinajstić information content (AvgIpc) is 2.65. The van der Waals surface area contributed by atoms with Crippen molar-refractivity contribution in [3.63, 3.8) is 0 Å². The van der Waals surface area contributed by atoms with Crippen molar-refractivity contribution in [3.8, 4) is 5.75 Å². The van der Waals surface area contributed by atoms with E-state index in [1.165, 1.54) is 16.3 Å². The van der Waals surface area contributed by atoms with E-state index >= 15 is 0 Å². The summed E-state index contributed by atoms with van der Waals surface area (Å²) in [5, 5.41) is 2.36. The van der Waals surface area contributed by atoms with Gasteiger partial charge in [-0.05, 0) is 34.0 Å². The monoisotopic (exact) mass is 318 g/mol. The van der Waals surface area contributed by atoms with E-state index in [2.05, 4.69) is 49.9 Å². The summed E-state index contributed by atoms with van der Waals surface area (Å²) in [6.45, 7) is 6.78. The van der Waals surface area contributed by atoms with E-state index in [4.69, 9.17) is 9.47 Å². The van der Waals surface area contributed by atoms with Gasteiger partial charge in [0.2, 0.25) is 0 Å². The third-order valence-corrected chi connectivity index (χ3v) is 4.32. The van der Waals surface area contributed by atoms with Crippen LogP contribution in [-0.2, 0) is 11.3 Å². The molecular formula is C22H22O2. The van der Waals surface area contributed by atoms with Crippen LogP contribution < -0.4 is 4.74 Å². The number of allylic oxidation sites excluding steroid dienone is 1. The maximum absolute atomic E-state index is 5.88. The largest absolute Gasteiger partial charge is 0.497 e. The van der Waals surface area contributed by atoms with Gasteiger partial charge < -0.3 is 9.47 Å². The zero-order valence-electron chi connectivity index (χ0n) is 14.2. The van der Waals surface area contributed by atoms with Crippen molar-refractivity contribution >= 4 is 10.8 Å². The van der Waals surface area contributed by atoms with Gasteiger partial charge in [0.25, 0.3) is 0 Å². The molecule has 122 valence electrons. The molecule has 3 aromatic carbocycles. The Morgan fingerprint density at radius 3 is 2.42 bits per heavy atom. The van der Waals surface area contributed by atoms with Gasteiger partial charge in [0.05, 0.1) is 12.9 Å². The summed E-state index contributed by atoms with van der Waals surface area (Å²) in [4.78, 5) is 0. The molecule has 0 heterocycles. The molecule has 0 saturated heterocycles. The number of hydrogen-bond donors (Lipinski definition) is 0. The van der Waals surface area contributed by atoms with Crippen molar-refractivity contribution in [2.75, 3.05) is 7.11 Å². The molecule has 2 nitrogen and oxygen atoms in total. The quantitative estimate of drug-likeness (QED) is 0.544. The second-order valence-electron chi connectivity index (χ2n) is 5.93. The molecule has 0 aliphatic rings. The van der Waals surface area contributed by atoms with E-state index in [-0.39, 0.29) is 5.92 Å². The van der Waals surface area contributed by atoms with E-state index < -0.39 is 0 Å². The van der Waals surface area contributed by atoms with Gasteiger partial charge in [-0.15, -0.1) is 0 Å². The number of benzene rings is 3. The van der Waals surface area contributed by atoms with Gasteiger partial charge in [0.15, 0.2) is 0 Å². The molecule has 2 heteroatoms. The molecule has 0 fully saturated rings. The molecule has 3 aromatic rings. The van der Waals surface area contributed by atoms with Crippen molar-refractivity contribution in [1.82, 2.24) is 0 Å². The van der Waals surface area contributed by atoms with Gasteiger partial charge in [-0.1, -0.05) is 68.1 Å². The first-order chi connectivity index (χ1) is 11.7. The van der Waals surface area contributed by atoms with Crippen LogP contribution in [-0.4, -0.2) is 7.11 Å². The van der Waals surface area contributed by atoms with E-state index in [1.807, 2.05) is 30.3 Å². The molecule has 1 atom stereocenters. The third-order valence-electron chi connectivity index (χ3n) is 4.32. The van der Waals surface area contributed by atoms with Crippen LogP contribution in [0.4, 0.5) is 0 Å². The fourth-order valence-electron chi connectivity index (χ4n) is 2.70. The van der Waals surface area contributed by atoms with Crippen LogP contribution >= 0.6 is 0 Å². The zero-order valence-corrected chi connectivity index (χ0v) is 14.2. The highest BCUT2D eigenvalue weighted by Crippen LogP contribution is 2.29. The second kappa shape index (κ2) is 7.22. The fraction of sp³-hybridized carbons (Fsp3) is 0.182. The molecular weight excluding hydrogens is 296 g/mol. The summed E-state index contributed by atoms with van der Waals surface area (Å²) in [6, 6.07) is 22.7. The molecule has 0 amide bonds. The summed E-state index contributed by atoms with van der Waals surface area (Å²) < 4.78 is 11.2. The maximum atomic E-state index is 5.88. The summed E-state index contributed by atoms with van der Waals surface area (Å²) in [6.07, 6.45) is 0. The first kappa shape index (κ1) is 16.1. The highest BCUT2D eigenvalue weighted by molar-refractivity contribution is 5.84. The molecule has 0 unspecified atom stereocenters. The number of hydrogen-bond acceptors (Lipinski definition) is 2. The Hall–Kier alpha value is -2.74. The topological polar surface area (TPSA) is 18.5 Å². The predicted molar refractivity (Wildman–Crippen MR) is 99.3 cm³/mol. The number of fused-ring (bicyclic) bond motifs is 1. The molecule has 3 rings (SSSR count). The fourth-order valence-corrected chi connectivity index (χ4v) is 2.70. The van der Waals surface area contributed by atoms with E-state index in [0.717, 1.165) is 17.1 Å². The lowest BCUT2D eigenvalue weighted by molar-refractivity contribution is 0.184. The minimum Gasteiger partial charge on any atom is -0.497 e. The van der Waals surface area contributed by atoms with Crippen molar-refractivity contribution < 1.29 is 9.47 Å². The van der Waals surface area contributed by atoms with Gasteiger partial charge in [0, 0.05) is 5.92 Å². The highest BCUT2D eigenvalue weighted by Gasteiger charge is 2.12. The lowest BCUT2D eigenvalue weighted by atomic mass is 9.96. The van der Waals surface area contributed by atoms with Crippen molar-refractivity contribution in [2.45, 2.75) is 19.4 Å². The van der Waals surface area contributed by atoms with Gasteiger partial charge in [0.1, 0.15) is 12.4 Å². The summed E-state index contributed by atoms with van der Waals surface area (Å²) in [7, 11) is 1.69. The average molecular weight is 318 g/mol. The minimum absolute atomic E-state index is 0.139. The van der Waals surface area contributed by atoms with Crippen LogP contribution in [0.25, 0.3) is 10.8 Å². The van der Waals surface area contributed by atoms with Crippen LogP contribution in [0.1, 0.15) is 24.0 Å². The first-order valence-electron chi connectivity index (χ1n) is 8.10. The third kappa shape index (κ3) is 3.60. The van der Waals surface area contributed by atoms with E-state index in [0.29, 0.717) is 6.61 Å². The Morgan fingerprint density at radius 2 is 1.67 bits per heavy atom. The smallest absolute Gasteiger partial charge is 0.119 e. The summed E-state index contributed by atoms with van der Waals surface area (Å²) in [5.74, 6) is 1.80. The Balaban J connectivity index is 1.72. The van der Waals surface area contributed by atoms with E-state index in [1.54, 1.807) is 7.11 Å².